The molecule has 0 saturated heterocycles. The molecule has 0 aliphatic carbocycles. The van der Waals surface area contributed by atoms with E-state index in [-0.39, 0.29) is 36.4 Å². The molecule has 5 rings (SSSR count). The van der Waals surface area contributed by atoms with E-state index in [1.54, 1.807) is 37.3 Å². The van der Waals surface area contributed by atoms with Crippen LogP contribution in [-0.4, -0.2) is 35.8 Å². The number of thiazole rings is 1. The third-order valence-corrected chi connectivity index (χ3v) is 8.43. The van der Waals surface area contributed by atoms with Gasteiger partial charge in [0.05, 0.1) is 35.7 Å². The predicted molar refractivity (Wildman–Crippen MR) is 148 cm³/mol. The van der Waals surface area contributed by atoms with Gasteiger partial charge in [-0.3, -0.25) is 19.0 Å². The summed E-state index contributed by atoms with van der Waals surface area (Å²) in [6.07, 6.45) is 1.42. The minimum Gasteiger partial charge on any atom is -0.466 e. The summed E-state index contributed by atoms with van der Waals surface area (Å²) in [6, 6.07) is 16.9. The van der Waals surface area contributed by atoms with Gasteiger partial charge in [0, 0.05) is 18.5 Å². The zero-order valence-corrected chi connectivity index (χ0v) is 22.0. The number of aromatic nitrogens is 1. The van der Waals surface area contributed by atoms with Crippen LogP contribution in [-0.2, 0) is 20.9 Å². The van der Waals surface area contributed by atoms with E-state index >= 15 is 0 Å². The summed E-state index contributed by atoms with van der Waals surface area (Å²) in [6.45, 7) is 5.94. The van der Waals surface area contributed by atoms with E-state index in [0.717, 1.165) is 15.6 Å². The Morgan fingerprint density at radius 3 is 2.54 bits per heavy atom. The molecule has 0 unspecified atom stereocenters. The lowest BCUT2D eigenvalue weighted by Crippen LogP contribution is -2.35. The highest BCUT2D eigenvalue weighted by Crippen LogP contribution is 2.44. The first-order valence-electron chi connectivity index (χ1n) is 11.7. The number of ether oxygens (including phenoxy) is 1. The average Bonchev–Trinajstić information content (AvgIpc) is 3.51. The second-order valence-corrected chi connectivity index (χ2v) is 10.3. The molecule has 0 atom stereocenters. The van der Waals surface area contributed by atoms with Crippen LogP contribution in [0.25, 0.3) is 10.6 Å². The number of rotatable bonds is 6. The lowest BCUT2D eigenvalue weighted by Gasteiger charge is -2.11. The number of para-hydroxylation sites is 2. The number of anilines is 2. The molecule has 0 spiro atoms. The van der Waals surface area contributed by atoms with Crippen molar-refractivity contribution in [2.45, 2.75) is 24.8 Å². The third-order valence-electron chi connectivity index (χ3n) is 5.87. The fourth-order valence-electron chi connectivity index (χ4n) is 4.20. The van der Waals surface area contributed by atoms with Crippen LogP contribution in [0.15, 0.2) is 82.0 Å². The predicted octanol–water partition coefficient (Wildman–Crippen LogP) is 2.91. The third kappa shape index (κ3) is 4.42. The van der Waals surface area contributed by atoms with E-state index in [9.17, 15) is 14.4 Å². The number of hydrogen-bond acceptors (Lipinski definition) is 8. The highest BCUT2D eigenvalue weighted by Gasteiger charge is 2.35. The molecule has 0 radical (unpaired) electrons. The van der Waals surface area contributed by atoms with E-state index in [0.29, 0.717) is 14.9 Å². The largest absolute Gasteiger partial charge is 0.466 e. The molecule has 2 aliphatic rings. The Morgan fingerprint density at radius 2 is 1.84 bits per heavy atom. The van der Waals surface area contributed by atoms with Crippen LogP contribution in [0.1, 0.15) is 13.3 Å². The van der Waals surface area contributed by atoms with Crippen molar-refractivity contribution >= 4 is 62.7 Å². The topological polar surface area (TPSA) is 84.2 Å². The van der Waals surface area contributed by atoms with Crippen molar-refractivity contribution in [2.75, 3.05) is 23.6 Å². The van der Waals surface area contributed by atoms with Crippen molar-refractivity contribution in [3.05, 3.63) is 86.8 Å². The summed E-state index contributed by atoms with van der Waals surface area (Å²) in [5, 5.41) is 6.57. The Bertz CT molecular complexity index is 1620. The fraction of sp³-hybridized carbons (Fsp3) is 0.185. The van der Waals surface area contributed by atoms with Crippen LogP contribution in [0.5, 0.6) is 0 Å². The number of thioether (sulfide) groups is 1. The molecule has 8 nitrogen and oxygen atoms in total. The number of benzene rings is 2. The molecule has 0 saturated carbocycles. The quantitative estimate of drug-likeness (QED) is 0.359. The first-order valence-corrected chi connectivity index (χ1v) is 13.3. The lowest BCUT2D eigenvalue weighted by atomic mass is 10.1. The molecule has 3 aromatic rings. The number of carbonyl (C=O) groups excluding carboxylic acids is 2. The van der Waals surface area contributed by atoms with Crippen LogP contribution < -0.4 is 24.7 Å². The molecular formula is C27H24N4O4S2. The van der Waals surface area contributed by atoms with Gasteiger partial charge in [-0.25, -0.2) is 0 Å². The fourth-order valence-corrected chi connectivity index (χ4v) is 6.72. The molecule has 188 valence electrons. The van der Waals surface area contributed by atoms with Gasteiger partial charge in [-0.05, 0) is 31.2 Å². The normalized spacial score (nSPS) is 17.7. The number of allylic oxidation sites excluding steroid dienone is 1. The monoisotopic (exact) mass is 532 g/mol. The summed E-state index contributed by atoms with van der Waals surface area (Å²) in [5.74, 6) is -0.899. The molecule has 2 aromatic carbocycles. The van der Waals surface area contributed by atoms with Gasteiger partial charge in [-0.15, -0.1) is 17.9 Å². The average molecular weight is 533 g/mol. The smallest absolute Gasteiger partial charge is 0.311 e. The molecule has 0 fully saturated rings. The maximum atomic E-state index is 13.8. The van der Waals surface area contributed by atoms with Crippen molar-refractivity contribution in [3.8, 4) is 0 Å². The van der Waals surface area contributed by atoms with Gasteiger partial charge in [0.2, 0.25) is 0 Å². The summed E-state index contributed by atoms with van der Waals surface area (Å²) in [7, 11) is 1.92. The number of fused-ring (bicyclic) bond motifs is 1. The molecule has 2 aliphatic heterocycles. The molecule has 37 heavy (non-hydrogen) atoms. The van der Waals surface area contributed by atoms with E-state index in [2.05, 4.69) is 11.7 Å². The van der Waals surface area contributed by atoms with Gasteiger partial charge < -0.3 is 9.64 Å². The Labute approximate surface area is 221 Å². The van der Waals surface area contributed by atoms with Crippen molar-refractivity contribution in [3.63, 3.8) is 0 Å². The number of carbonyl (C=O) groups is 2. The lowest BCUT2D eigenvalue weighted by molar-refractivity contribution is -0.141. The molecule has 10 heteroatoms. The molecule has 0 bridgehead atoms. The van der Waals surface area contributed by atoms with Gasteiger partial charge >= 0.3 is 5.97 Å². The number of hydrazone groups is 1. The zero-order chi connectivity index (χ0) is 26.1. The van der Waals surface area contributed by atoms with E-state index in [4.69, 9.17) is 4.74 Å². The van der Waals surface area contributed by atoms with Gasteiger partial charge in [-0.2, -0.15) is 10.1 Å². The molecule has 3 heterocycles. The minimum absolute atomic E-state index is 0.190. The summed E-state index contributed by atoms with van der Waals surface area (Å²) >= 11 is 2.74. The van der Waals surface area contributed by atoms with Crippen LogP contribution in [0.3, 0.4) is 0 Å². The molecule has 1 aromatic heterocycles. The van der Waals surface area contributed by atoms with E-state index in [1.807, 2.05) is 42.3 Å². The Hall–Kier alpha value is -3.89. The first-order chi connectivity index (χ1) is 17.9. The molecular weight excluding hydrogens is 508 g/mol. The molecule has 0 N–H and O–H groups in total. The SMILES string of the molecule is C=CCn1c(=C2C(=O)N(c3ccccc3)N=C2CC(=O)OCC)sc(=C2Sc3ccccc3N2C)c1=O. The van der Waals surface area contributed by atoms with Gasteiger partial charge in [0.25, 0.3) is 11.5 Å². The summed E-state index contributed by atoms with van der Waals surface area (Å²) < 4.78 is 7.61. The van der Waals surface area contributed by atoms with Gasteiger partial charge in [0.1, 0.15) is 14.2 Å². The highest BCUT2D eigenvalue weighted by atomic mass is 32.2. The Morgan fingerprint density at radius 1 is 1.11 bits per heavy atom. The number of nitrogens with zero attached hydrogens (tertiary/aromatic N) is 4. The van der Waals surface area contributed by atoms with Crippen molar-refractivity contribution in [1.29, 1.82) is 0 Å². The van der Waals surface area contributed by atoms with Gasteiger partial charge in [-0.1, -0.05) is 48.2 Å². The second-order valence-electron chi connectivity index (χ2n) is 8.23. The number of esters is 1. The van der Waals surface area contributed by atoms with Crippen LogP contribution in [0, 0.1) is 0 Å². The number of hydrogen-bond donors (Lipinski definition) is 0. The highest BCUT2D eigenvalue weighted by molar-refractivity contribution is 8.08. The van der Waals surface area contributed by atoms with Crippen molar-refractivity contribution < 1.29 is 14.3 Å². The van der Waals surface area contributed by atoms with Gasteiger partial charge in [0.15, 0.2) is 0 Å². The molecule has 1 amide bonds. The summed E-state index contributed by atoms with van der Waals surface area (Å²) in [4.78, 5) is 42.9. The maximum absolute atomic E-state index is 13.8. The first kappa shape index (κ1) is 24.8. The van der Waals surface area contributed by atoms with Crippen LogP contribution in [0.4, 0.5) is 11.4 Å². The van der Waals surface area contributed by atoms with Crippen molar-refractivity contribution in [2.24, 2.45) is 5.10 Å². The minimum atomic E-state index is -0.494. The Kier molecular flexibility index (Phi) is 6.86. The maximum Gasteiger partial charge on any atom is 0.311 e. The number of amides is 1. The second kappa shape index (κ2) is 10.2. The zero-order valence-electron chi connectivity index (χ0n) is 20.3. The van der Waals surface area contributed by atoms with Crippen molar-refractivity contribution in [1.82, 2.24) is 4.57 Å². The van der Waals surface area contributed by atoms with Crippen LogP contribution >= 0.6 is 23.1 Å². The van der Waals surface area contributed by atoms with E-state index in [1.165, 1.54) is 32.7 Å². The van der Waals surface area contributed by atoms with Crippen LogP contribution in [0.2, 0.25) is 0 Å². The summed E-state index contributed by atoms with van der Waals surface area (Å²) in [5.41, 5.74) is 1.83. The standard InChI is InChI=1S/C27H24N4O4S2/c1-4-15-30-25(34)23(27-29(3)19-13-9-10-14-20(19)36-27)37-26(30)22-18(16-21(32)35-5-2)28-31(24(22)33)17-11-7-6-8-12-17/h4,6-14H,1,5,15-16H2,2-3H3. The Balaban J connectivity index is 1.75. The van der Waals surface area contributed by atoms with E-state index < -0.39 is 11.9 Å².